The van der Waals surface area contributed by atoms with Gasteiger partial charge >= 0.3 is 0 Å². The van der Waals surface area contributed by atoms with Crippen molar-refractivity contribution in [3.8, 4) is 11.5 Å². The zero-order chi connectivity index (χ0) is 30.6. The molecule has 43 heavy (non-hydrogen) atoms. The number of carbonyl (C=O) groups excluding carboxylic acids is 1. The van der Waals surface area contributed by atoms with Crippen molar-refractivity contribution in [2.24, 2.45) is 16.3 Å². The van der Waals surface area contributed by atoms with E-state index in [2.05, 4.69) is 26.1 Å². The molecular weight excluding hydrogens is 599 g/mol. The predicted molar refractivity (Wildman–Crippen MR) is 179 cm³/mol. The second-order valence-electron chi connectivity index (χ2n) is 11.8. The van der Waals surface area contributed by atoms with E-state index in [9.17, 15) is 4.79 Å². The average molecular weight is 636 g/mol. The minimum atomic E-state index is -0.151. The fourth-order valence-corrected chi connectivity index (χ4v) is 6.75. The van der Waals surface area contributed by atoms with Gasteiger partial charge in [0.15, 0.2) is 11.5 Å². The summed E-state index contributed by atoms with van der Waals surface area (Å²) in [6.07, 6.45) is 4.66. The van der Waals surface area contributed by atoms with Crippen LogP contribution < -0.4 is 14.8 Å². The van der Waals surface area contributed by atoms with Gasteiger partial charge in [-0.1, -0.05) is 56.1 Å². The molecule has 0 saturated carbocycles. The van der Waals surface area contributed by atoms with Crippen LogP contribution in [-0.4, -0.2) is 18.7 Å². The maximum Gasteiger partial charge on any atom is 0.259 e. The fourth-order valence-electron chi connectivity index (χ4n) is 5.23. The molecule has 1 aliphatic carbocycles. The van der Waals surface area contributed by atoms with E-state index in [-0.39, 0.29) is 11.3 Å². The number of nitrogens with zero attached hydrogens (tertiary/aromatic N) is 1. The second-order valence-corrected chi connectivity index (χ2v) is 13.7. The lowest BCUT2D eigenvalue weighted by Crippen LogP contribution is -2.27. The van der Waals surface area contributed by atoms with Crippen LogP contribution in [0.4, 0.5) is 10.7 Å². The molecule has 8 heteroatoms. The summed E-state index contributed by atoms with van der Waals surface area (Å²) in [5.41, 5.74) is 4.53. The first kappa shape index (κ1) is 31.1. The summed E-state index contributed by atoms with van der Waals surface area (Å²) in [6, 6.07) is 20.5. The molecule has 1 amide bonds. The van der Waals surface area contributed by atoms with Crippen LogP contribution in [0, 0.1) is 11.3 Å². The van der Waals surface area contributed by atoms with Crippen LogP contribution in [0.5, 0.6) is 11.5 Å². The third-order valence-corrected chi connectivity index (χ3v) is 9.37. The number of benzene rings is 3. The lowest BCUT2D eigenvalue weighted by atomic mass is 9.72. The van der Waals surface area contributed by atoms with Crippen molar-refractivity contribution >= 4 is 57.3 Å². The van der Waals surface area contributed by atoms with Crippen molar-refractivity contribution in [1.29, 1.82) is 0 Å². The number of hydrogen-bond acceptors (Lipinski definition) is 5. The summed E-state index contributed by atoms with van der Waals surface area (Å²) in [6.45, 7) is 9.72. The molecule has 1 atom stereocenters. The van der Waals surface area contributed by atoms with Gasteiger partial charge in [-0.05, 0) is 109 Å². The van der Waals surface area contributed by atoms with Crippen LogP contribution >= 0.6 is 34.5 Å². The quantitative estimate of drug-likeness (QED) is 0.186. The van der Waals surface area contributed by atoms with Crippen molar-refractivity contribution in [2.45, 2.75) is 53.6 Å². The van der Waals surface area contributed by atoms with E-state index in [1.807, 2.05) is 61.5 Å². The van der Waals surface area contributed by atoms with Crippen LogP contribution in [0.3, 0.4) is 0 Å². The summed E-state index contributed by atoms with van der Waals surface area (Å²) in [5.74, 6) is 1.69. The lowest BCUT2D eigenvalue weighted by Gasteiger charge is -2.33. The number of hydrogen-bond donors (Lipinski definition) is 1. The van der Waals surface area contributed by atoms with Crippen molar-refractivity contribution in [3.63, 3.8) is 0 Å². The highest BCUT2D eigenvalue weighted by molar-refractivity contribution is 7.16. The maximum atomic E-state index is 13.7. The molecule has 0 fully saturated rings. The first-order valence-corrected chi connectivity index (χ1v) is 16.1. The van der Waals surface area contributed by atoms with Crippen molar-refractivity contribution in [3.05, 3.63) is 104 Å². The number of carbonyl (C=O) groups is 1. The van der Waals surface area contributed by atoms with Crippen molar-refractivity contribution < 1.29 is 14.3 Å². The van der Waals surface area contributed by atoms with E-state index in [0.717, 1.165) is 36.0 Å². The highest BCUT2D eigenvalue weighted by Gasteiger charge is 2.33. The third kappa shape index (κ3) is 7.80. The highest BCUT2D eigenvalue weighted by atomic mass is 35.5. The van der Waals surface area contributed by atoms with E-state index in [1.165, 1.54) is 4.88 Å². The Labute approximate surface area is 267 Å². The number of halogens is 2. The zero-order valence-electron chi connectivity index (χ0n) is 24.9. The monoisotopic (exact) mass is 634 g/mol. The van der Waals surface area contributed by atoms with Gasteiger partial charge in [0.25, 0.3) is 5.91 Å². The molecule has 1 heterocycles. The molecule has 5 nitrogen and oxygen atoms in total. The molecule has 0 spiro atoms. The lowest BCUT2D eigenvalue weighted by molar-refractivity contribution is 0.102. The van der Waals surface area contributed by atoms with E-state index in [4.69, 9.17) is 37.7 Å². The number of aliphatic imine (C=N–C) groups is 1. The van der Waals surface area contributed by atoms with Gasteiger partial charge < -0.3 is 14.8 Å². The molecule has 4 aromatic rings. The molecule has 0 aliphatic heterocycles. The number of fused-ring (bicyclic) bond motifs is 1. The molecule has 0 saturated heterocycles. The maximum absolute atomic E-state index is 13.7. The van der Waals surface area contributed by atoms with Crippen molar-refractivity contribution in [1.82, 2.24) is 0 Å². The van der Waals surface area contributed by atoms with Crippen LogP contribution in [0.1, 0.15) is 66.0 Å². The number of ether oxygens (including phenoxy) is 2. The van der Waals surface area contributed by atoms with Gasteiger partial charge in [0.2, 0.25) is 0 Å². The summed E-state index contributed by atoms with van der Waals surface area (Å²) in [4.78, 5) is 19.8. The molecular formula is C35H36Cl2N2O3S. The Hall–Kier alpha value is -3.32. The van der Waals surface area contributed by atoms with Gasteiger partial charge in [-0.3, -0.25) is 4.79 Å². The summed E-state index contributed by atoms with van der Waals surface area (Å²) >= 11 is 13.7. The molecule has 1 N–H and O–H groups in total. The summed E-state index contributed by atoms with van der Waals surface area (Å²) in [5, 5.41) is 5.08. The standard InChI is InChI=1S/C35H36Cl2N2O3S/c1-5-41-30-18-23(8-17-29(30)42-21-22-6-10-25(36)11-7-22)20-38-34-32(33(40)39-27-14-12-26(37)13-15-27)28-16-9-24(35(2,3)4)19-31(28)43-34/h6-8,10-15,17-18,20,24H,5,9,16,19,21H2,1-4H3,(H,39,40)/t24-/m0/s1. The van der Waals surface area contributed by atoms with Gasteiger partial charge in [-0.25, -0.2) is 4.99 Å². The second kappa shape index (κ2) is 13.5. The number of nitrogens with one attached hydrogen (secondary N) is 1. The molecule has 0 radical (unpaired) electrons. The Kier molecular flexibility index (Phi) is 9.80. The van der Waals surface area contributed by atoms with E-state index in [1.54, 1.807) is 29.7 Å². The Morgan fingerprint density at radius 3 is 2.37 bits per heavy atom. The van der Waals surface area contributed by atoms with Crippen LogP contribution in [0.25, 0.3) is 0 Å². The predicted octanol–water partition coefficient (Wildman–Crippen LogP) is 10.2. The molecule has 1 aliphatic rings. The SMILES string of the molecule is CCOc1cc(C=Nc2sc3c(c2C(=O)Nc2ccc(Cl)cc2)CC[C@H](C(C)(C)C)C3)ccc1OCc1ccc(Cl)cc1. The van der Waals surface area contributed by atoms with Gasteiger partial charge in [0, 0.05) is 26.8 Å². The topological polar surface area (TPSA) is 59.9 Å². The van der Waals surface area contributed by atoms with Crippen LogP contribution in [0.2, 0.25) is 10.0 Å². The van der Waals surface area contributed by atoms with Crippen LogP contribution in [-0.2, 0) is 19.4 Å². The van der Waals surface area contributed by atoms with E-state index in [0.29, 0.717) is 56.9 Å². The number of thiophene rings is 1. The van der Waals surface area contributed by atoms with Crippen molar-refractivity contribution in [2.75, 3.05) is 11.9 Å². The Morgan fingerprint density at radius 2 is 1.70 bits per heavy atom. The fraction of sp³-hybridized carbons (Fsp3) is 0.314. The largest absolute Gasteiger partial charge is 0.490 e. The smallest absolute Gasteiger partial charge is 0.259 e. The molecule has 0 bridgehead atoms. The van der Waals surface area contributed by atoms with Gasteiger partial charge in [-0.2, -0.15) is 0 Å². The Morgan fingerprint density at radius 1 is 1.00 bits per heavy atom. The number of anilines is 1. The zero-order valence-corrected chi connectivity index (χ0v) is 27.2. The normalized spacial score (nSPS) is 14.9. The summed E-state index contributed by atoms with van der Waals surface area (Å²) < 4.78 is 12.0. The number of rotatable bonds is 9. The number of amides is 1. The minimum absolute atomic E-state index is 0.151. The molecule has 224 valence electrons. The summed E-state index contributed by atoms with van der Waals surface area (Å²) in [7, 11) is 0. The Bertz CT molecular complexity index is 1610. The highest BCUT2D eigenvalue weighted by Crippen LogP contribution is 2.45. The first-order valence-electron chi connectivity index (χ1n) is 14.5. The van der Waals surface area contributed by atoms with E-state index >= 15 is 0 Å². The van der Waals surface area contributed by atoms with Gasteiger partial charge in [-0.15, -0.1) is 11.3 Å². The van der Waals surface area contributed by atoms with Gasteiger partial charge in [0.1, 0.15) is 11.6 Å². The van der Waals surface area contributed by atoms with E-state index < -0.39 is 0 Å². The molecule has 5 rings (SSSR count). The van der Waals surface area contributed by atoms with Crippen LogP contribution in [0.15, 0.2) is 71.7 Å². The third-order valence-electron chi connectivity index (χ3n) is 7.71. The minimum Gasteiger partial charge on any atom is -0.490 e. The average Bonchev–Trinajstić information content (AvgIpc) is 3.35. The molecule has 0 unspecified atom stereocenters. The molecule has 1 aromatic heterocycles. The molecule has 3 aromatic carbocycles. The Balaban J connectivity index is 1.42. The first-order chi connectivity index (χ1) is 20.6. The van der Waals surface area contributed by atoms with Gasteiger partial charge in [0.05, 0.1) is 12.2 Å².